The van der Waals surface area contributed by atoms with Crippen molar-refractivity contribution >= 4 is 19.1 Å². The number of carbonyl (C=O) groups is 2. The number of hydrogen-bond acceptors (Lipinski definition) is 7. The Kier molecular flexibility index (Phi) is 7.12. The van der Waals surface area contributed by atoms with E-state index in [1.54, 1.807) is 27.0 Å². The van der Waals surface area contributed by atoms with Crippen molar-refractivity contribution in [3.63, 3.8) is 0 Å². The molecular weight excluding hydrogens is 459 g/mol. The summed E-state index contributed by atoms with van der Waals surface area (Å²) in [4.78, 5) is 29.6. The minimum absolute atomic E-state index is 0.0522. The lowest BCUT2D eigenvalue weighted by Gasteiger charge is -2.64. The number of carbonyl (C=O) groups excluding carboxylic acids is 2. The van der Waals surface area contributed by atoms with Crippen molar-refractivity contribution in [2.45, 2.75) is 110 Å². The summed E-state index contributed by atoms with van der Waals surface area (Å²) in [7, 11) is -0.500. The van der Waals surface area contributed by atoms with Gasteiger partial charge in [0.2, 0.25) is 5.91 Å². The largest absolute Gasteiger partial charge is 0.481 e. The van der Waals surface area contributed by atoms with Crippen molar-refractivity contribution in [1.82, 2.24) is 14.9 Å². The molecule has 36 heavy (non-hydrogen) atoms. The molecule has 200 valence electrons. The number of imidazole rings is 1. The smallest absolute Gasteiger partial charge is 0.443 e. The summed E-state index contributed by atoms with van der Waals surface area (Å²) in [6.45, 7) is 16.5. The molecule has 6 atom stereocenters. The lowest BCUT2D eigenvalue weighted by Crippen LogP contribution is -2.65. The molecule has 2 bridgehead atoms. The highest BCUT2D eigenvalue weighted by atomic mass is 16.7. The van der Waals surface area contributed by atoms with Gasteiger partial charge in [0.15, 0.2) is 0 Å². The van der Waals surface area contributed by atoms with Crippen LogP contribution in [0.1, 0.15) is 80.3 Å². The van der Waals surface area contributed by atoms with Gasteiger partial charge in [-0.2, -0.15) is 0 Å². The molecule has 10 heteroatoms. The van der Waals surface area contributed by atoms with Crippen LogP contribution in [0.3, 0.4) is 0 Å². The topological polar surface area (TPSA) is 118 Å². The van der Waals surface area contributed by atoms with Gasteiger partial charge in [0.05, 0.1) is 29.4 Å². The van der Waals surface area contributed by atoms with Gasteiger partial charge in [0, 0.05) is 12.6 Å². The van der Waals surface area contributed by atoms with Crippen LogP contribution in [0.25, 0.3) is 0 Å². The van der Waals surface area contributed by atoms with Gasteiger partial charge >= 0.3 is 13.2 Å². The number of amides is 1. The molecule has 4 fully saturated rings. The standard InChI is InChI=1S/C26H43BN4O5/c1-15(2)9-21(27-35-20-11-16-10-19(25(16,6)7)26(20,8)36-27)30-22(32)18(28)12-17-13-31(14-29-17)23(33)34-24(3,4)5/h13-16,18-21H,9-12,28H2,1-8H3,(H,30,32)/t16-,18-,19-,20+,21-,26-/m0/s1. The van der Waals surface area contributed by atoms with Gasteiger partial charge in [-0.25, -0.2) is 14.3 Å². The molecule has 9 nitrogen and oxygen atoms in total. The second-order valence-electron chi connectivity index (χ2n) is 13.1. The van der Waals surface area contributed by atoms with Crippen LogP contribution in [0.15, 0.2) is 12.5 Å². The molecule has 3 saturated carbocycles. The van der Waals surface area contributed by atoms with Crippen LogP contribution in [0.4, 0.5) is 4.79 Å². The quantitative estimate of drug-likeness (QED) is 0.549. The average Bonchev–Trinajstić information content (AvgIpc) is 3.35. The van der Waals surface area contributed by atoms with E-state index in [1.165, 1.54) is 17.3 Å². The van der Waals surface area contributed by atoms with Crippen LogP contribution in [-0.2, 0) is 25.3 Å². The molecular formula is C26H43BN4O5. The Morgan fingerprint density at radius 1 is 1.31 bits per heavy atom. The Labute approximate surface area is 215 Å². The van der Waals surface area contributed by atoms with Gasteiger partial charge in [-0.1, -0.05) is 27.7 Å². The molecule has 2 heterocycles. The third-order valence-electron chi connectivity index (χ3n) is 8.36. The van der Waals surface area contributed by atoms with Crippen molar-refractivity contribution in [1.29, 1.82) is 0 Å². The number of nitrogens with one attached hydrogen (secondary N) is 1. The molecule has 0 unspecified atom stereocenters. The number of ether oxygens (including phenoxy) is 1. The fourth-order valence-corrected chi connectivity index (χ4v) is 6.31. The van der Waals surface area contributed by atoms with Crippen LogP contribution >= 0.6 is 0 Å². The van der Waals surface area contributed by atoms with E-state index >= 15 is 0 Å². The van der Waals surface area contributed by atoms with Gasteiger partial charge in [-0.3, -0.25) is 4.79 Å². The third kappa shape index (κ3) is 5.22. The molecule has 1 aromatic rings. The highest BCUT2D eigenvalue weighted by Gasteiger charge is 2.68. The predicted molar refractivity (Wildman–Crippen MR) is 137 cm³/mol. The molecule has 1 aromatic heterocycles. The van der Waals surface area contributed by atoms with Gasteiger partial charge in [0.1, 0.15) is 11.9 Å². The van der Waals surface area contributed by atoms with Crippen molar-refractivity contribution in [3.8, 4) is 0 Å². The van der Waals surface area contributed by atoms with E-state index in [2.05, 4.69) is 44.9 Å². The average molecular weight is 502 g/mol. The molecule has 1 saturated heterocycles. The summed E-state index contributed by atoms with van der Waals surface area (Å²) in [6.07, 6.45) is 5.55. The summed E-state index contributed by atoms with van der Waals surface area (Å²) < 4.78 is 19.7. The monoisotopic (exact) mass is 502 g/mol. The third-order valence-corrected chi connectivity index (χ3v) is 8.36. The molecule has 4 aliphatic rings. The molecule has 5 rings (SSSR count). The molecule has 3 N–H and O–H groups in total. The zero-order chi connectivity index (χ0) is 26.6. The summed E-state index contributed by atoms with van der Waals surface area (Å²) in [5.41, 5.74) is 6.11. The van der Waals surface area contributed by atoms with Crippen molar-refractivity contribution < 1.29 is 23.6 Å². The highest BCUT2D eigenvalue weighted by Crippen LogP contribution is 2.65. The molecule has 1 aliphatic heterocycles. The maximum Gasteiger partial charge on any atom is 0.481 e. The summed E-state index contributed by atoms with van der Waals surface area (Å²) in [6, 6.07) is -0.826. The second-order valence-corrected chi connectivity index (χ2v) is 13.1. The lowest BCUT2D eigenvalue weighted by molar-refractivity contribution is -0.199. The van der Waals surface area contributed by atoms with Gasteiger partial charge in [0.25, 0.3) is 0 Å². The van der Waals surface area contributed by atoms with Crippen LogP contribution in [-0.4, -0.2) is 58.0 Å². The molecule has 0 spiro atoms. The fraction of sp³-hybridized carbons (Fsp3) is 0.808. The SMILES string of the molecule is CC(C)C[C@H](NC(=O)[C@@H](N)Cc1cn(C(=O)OC(C)(C)C)cn1)B1O[C@@H]2C[C@@H]3C[C@@H](C3(C)C)[C@]2(C)O1. The van der Waals surface area contributed by atoms with E-state index in [1.807, 2.05) is 0 Å². The summed E-state index contributed by atoms with van der Waals surface area (Å²) in [5, 5.41) is 3.11. The van der Waals surface area contributed by atoms with Crippen LogP contribution in [0.2, 0.25) is 0 Å². The van der Waals surface area contributed by atoms with Gasteiger partial charge in [-0.15, -0.1) is 0 Å². The Balaban J connectivity index is 1.38. The molecule has 1 amide bonds. The van der Waals surface area contributed by atoms with Crippen LogP contribution in [0, 0.1) is 23.2 Å². The first kappa shape index (κ1) is 27.1. The van der Waals surface area contributed by atoms with Gasteiger partial charge < -0.3 is 25.1 Å². The van der Waals surface area contributed by atoms with Crippen molar-refractivity contribution in [2.75, 3.05) is 0 Å². The normalized spacial score (nSPS) is 30.4. The summed E-state index contributed by atoms with van der Waals surface area (Å²) >= 11 is 0. The lowest BCUT2D eigenvalue weighted by atomic mass is 9.43. The Morgan fingerprint density at radius 2 is 2.00 bits per heavy atom. The van der Waals surface area contributed by atoms with E-state index in [0.29, 0.717) is 23.4 Å². The first-order chi connectivity index (χ1) is 16.6. The minimum atomic E-state index is -0.826. The van der Waals surface area contributed by atoms with E-state index in [-0.39, 0.29) is 35.4 Å². The fourth-order valence-electron chi connectivity index (χ4n) is 6.31. The van der Waals surface area contributed by atoms with E-state index in [4.69, 9.17) is 19.8 Å². The maximum atomic E-state index is 13.1. The predicted octanol–water partition coefficient (Wildman–Crippen LogP) is 3.33. The first-order valence-corrected chi connectivity index (χ1v) is 13.3. The van der Waals surface area contributed by atoms with Crippen molar-refractivity contribution in [3.05, 3.63) is 18.2 Å². The number of aromatic nitrogens is 2. The number of nitrogens with zero attached hydrogens (tertiary/aromatic N) is 2. The molecule has 3 aliphatic carbocycles. The summed E-state index contributed by atoms with van der Waals surface area (Å²) in [5.74, 6) is 0.866. The van der Waals surface area contributed by atoms with Crippen LogP contribution in [0.5, 0.6) is 0 Å². The molecule has 0 aromatic carbocycles. The first-order valence-electron chi connectivity index (χ1n) is 13.3. The maximum absolute atomic E-state index is 13.1. The van der Waals surface area contributed by atoms with E-state index in [0.717, 1.165) is 12.8 Å². The zero-order valence-corrected chi connectivity index (χ0v) is 23.0. The Morgan fingerprint density at radius 3 is 2.61 bits per heavy atom. The number of hydrogen-bond donors (Lipinski definition) is 2. The Hall–Kier alpha value is -1.91. The second kappa shape index (κ2) is 9.44. The van der Waals surface area contributed by atoms with E-state index in [9.17, 15) is 9.59 Å². The van der Waals surface area contributed by atoms with E-state index < -0.39 is 24.9 Å². The Bertz CT molecular complexity index is 989. The van der Waals surface area contributed by atoms with Crippen LogP contribution < -0.4 is 11.1 Å². The highest BCUT2D eigenvalue weighted by molar-refractivity contribution is 6.47. The van der Waals surface area contributed by atoms with Gasteiger partial charge in [-0.05, 0) is 70.1 Å². The number of rotatable bonds is 7. The van der Waals surface area contributed by atoms with Crippen molar-refractivity contribution in [2.24, 2.45) is 28.9 Å². The molecule has 0 radical (unpaired) electrons. The zero-order valence-electron chi connectivity index (χ0n) is 23.0. The minimum Gasteiger partial charge on any atom is -0.443 e. The number of nitrogens with two attached hydrogens (primary N) is 1.